The molecule has 0 saturated heterocycles. The van der Waals surface area contributed by atoms with Crippen LogP contribution in [-0.4, -0.2) is 22.4 Å². The summed E-state index contributed by atoms with van der Waals surface area (Å²) in [6, 6.07) is 5.63. The summed E-state index contributed by atoms with van der Waals surface area (Å²) >= 11 is 0. The van der Waals surface area contributed by atoms with E-state index in [1.54, 1.807) is 18.5 Å². The molecule has 2 aromatic rings. The van der Waals surface area contributed by atoms with Gasteiger partial charge in [-0.05, 0) is 50.8 Å². The van der Waals surface area contributed by atoms with Crippen LogP contribution in [0.1, 0.15) is 48.0 Å². The molecule has 0 spiro atoms. The summed E-state index contributed by atoms with van der Waals surface area (Å²) in [5.41, 5.74) is 3.34. The molecular formula is C18H20N2O2. The smallest absolute Gasteiger partial charge is 0.216 e. The van der Waals surface area contributed by atoms with Crippen LogP contribution in [-0.2, 0) is 0 Å². The first-order valence-electron chi connectivity index (χ1n) is 7.81. The van der Waals surface area contributed by atoms with E-state index in [-0.39, 0.29) is 0 Å². The van der Waals surface area contributed by atoms with Crippen molar-refractivity contribution in [2.75, 3.05) is 0 Å². The monoisotopic (exact) mass is 296 g/mol. The number of pyridine rings is 2. The number of hydrogen-bond donors (Lipinski definition) is 0. The second-order valence-corrected chi connectivity index (χ2v) is 5.82. The molecule has 22 heavy (non-hydrogen) atoms. The van der Waals surface area contributed by atoms with Gasteiger partial charge in [-0.15, -0.1) is 0 Å². The molecule has 0 amide bonds. The maximum atomic E-state index is 10.7. The predicted octanol–water partition coefficient (Wildman–Crippen LogP) is 3.98. The minimum absolute atomic E-state index is 0.302. The molecule has 0 radical (unpaired) electrons. The molecule has 3 rings (SSSR count). The van der Waals surface area contributed by atoms with E-state index in [4.69, 9.17) is 4.74 Å². The number of carbonyl (C=O) groups is 1. The van der Waals surface area contributed by atoms with E-state index >= 15 is 0 Å². The van der Waals surface area contributed by atoms with Crippen LogP contribution in [0, 0.1) is 6.92 Å². The van der Waals surface area contributed by atoms with E-state index < -0.39 is 0 Å². The summed E-state index contributed by atoms with van der Waals surface area (Å²) in [5, 5.41) is 0. The molecule has 0 N–H and O–H groups in total. The third-order valence-electron chi connectivity index (χ3n) is 4.08. The summed E-state index contributed by atoms with van der Waals surface area (Å²) in [4.78, 5) is 19.4. The summed E-state index contributed by atoms with van der Waals surface area (Å²) in [6.45, 7) is 2.01. The molecule has 1 saturated carbocycles. The lowest BCUT2D eigenvalue weighted by Crippen LogP contribution is -2.20. The van der Waals surface area contributed by atoms with Gasteiger partial charge in [-0.25, -0.2) is 4.98 Å². The highest BCUT2D eigenvalue weighted by atomic mass is 16.5. The number of rotatable bonds is 4. The van der Waals surface area contributed by atoms with Gasteiger partial charge in [0.15, 0.2) is 6.29 Å². The maximum Gasteiger partial charge on any atom is 0.216 e. The van der Waals surface area contributed by atoms with Crippen LogP contribution in [0.15, 0.2) is 30.6 Å². The average molecular weight is 296 g/mol. The molecule has 0 unspecified atom stereocenters. The van der Waals surface area contributed by atoms with E-state index in [2.05, 4.69) is 9.97 Å². The maximum absolute atomic E-state index is 10.7. The zero-order valence-corrected chi connectivity index (χ0v) is 12.8. The third kappa shape index (κ3) is 3.32. The Kier molecular flexibility index (Phi) is 4.47. The fourth-order valence-corrected chi connectivity index (χ4v) is 2.81. The Morgan fingerprint density at radius 3 is 2.59 bits per heavy atom. The SMILES string of the molecule is Cc1cc(-c2ccc(C=O)cn2)cnc1OC1CCCCC1. The van der Waals surface area contributed by atoms with E-state index in [0.717, 1.165) is 41.8 Å². The molecule has 1 aliphatic carbocycles. The van der Waals surface area contributed by atoms with Crippen molar-refractivity contribution < 1.29 is 9.53 Å². The first-order valence-corrected chi connectivity index (χ1v) is 7.81. The first kappa shape index (κ1) is 14.7. The molecule has 4 heteroatoms. The van der Waals surface area contributed by atoms with Gasteiger partial charge >= 0.3 is 0 Å². The molecule has 2 heterocycles. The van der Waals surface area contributed by atoms with Crippen molar-refractivity contribution in [3.05, 3.63) is 41.7 Å². The lowest BCUT2D eigenvalue weighted by Gasteiger charge is -2.23. The van der Waals surface area contributed by atoms with Gasteiger partial charge in [0.1, 0.15) is 6.10 Å². The molecule has 1 fully saturated rings. The van der Waals surface area contributed by atoms with Gasteiger partial charge < -0.3 is 4.74 Å². The highest BCUT2D eigenvalue weighted by Crippen LogP contribution is 2.26. The fraction of sp³-hybridized carbons (Fsp3) is 0.389. The van der Waals surface area contributed by atoms with Gasteiger partial charge in [-0.2, -0.15) is 0 Å². The summed E-state index contributed by atoms with van der Waals surface area (Å²) in [7, 11) is 0. The van der Waals surface area contributed by atoms with Gasteiger partial charge in [0.2, 0.25) is 5.88 Å². The molecule has 114 valence electrons. The fourth-order valence-electron chi connectivity index (χ4n) is 2.81. The largest absolute Gasteiger partial charge is 0.474 e. The zero-order valence-electron chi connectivity index (χ0n) is 12.8. The van der Waals surface area contributed by atoms with Crippen molar-refractivity contribution in [1.29, 1.82) is 0 Å². The second kappa shape index (κ2) is 6.69. The van der Waals surface area contributed by atoms with Crippen molar-refractivity contribution in [2.24, 2.45) is 0 Å². The highest BCUT2D eigenvalue weighted by molar-refractivity contribution is 5.75. The van der Waals surface area contributed by atoms with Gasteiger partial charge in [-0.1, -0.05) is 6.42 Å². The Hall–Kier alpha value is -2.23. The minimum Gasteiger partial charge on any atom is -0.474 e. The second-order valence-electron chi connectivity index (χ2n) is 5.82. The molecule has 1 aliphatic rings. The van der Waals surface area contributed by atoms with E-state index in [1.807, 2.05) is 19.1 Å². The van der Waals surface area contributed by atoms with Crippen LogP contribution in [0.5, 0.6) is 5.88 Å². The highest BCUT2D eigenvalue weighted by Gasteiger charge is 2.16. The summed E-state index contributed by atoms with van der Waals surface area (Å²) < 4.78 is 6.04. The third-order valence-corrected chi connectivity index (χ3v) is 4.08. The van der Waals surface area contributed by atoms with Gasteiger partial charge in [-0.3, -0.25) is 9.78 Å². The van der Waals surface area contributed by atoms with Crippen LogP contribution in [0.4, 0.5) is 0 Å². The minimum atomic E-state index is 0.302. The molecular weight excluding hydrogens is 276 g/mol. The lowest BCUT2D eigenvalue weighted by molar-refractivity contribution is 0.112. The number of aldehydes is 1. The Balaban J connectivity index is 1.77. The Morgan fingerprint density at radius 2 is 1.95 bits per heavy atom. The molecule has 0 bridgehead atoms. The van der Waals surface area contributed by atoms with Crippen molar-refractivity contribution in [3.63, 3.8) is 0 Å². The topological polar surface area (TPSA) is 52.1 Å². The van der Waals surface area contributed by atoms with E-state index in [9.17, 15) is 4.79 Å². The number of aromatic nitrogens is 2. The molecule has 2 aromatic heterocycles. The van der Waals surface area contributed by atoms with Crippen molar-refractivity contribution in [2.45, 2.75) is 45.1 Å². The van der Waals surface area contributed by atoms with E-state index in [0.29, 0.717) is 11.7 Å². The van der Waals surface area contributed by atoms with Crippen LogP contribution < -0.4 is 4.74 Å². The van der Waals surface area contributed by atoms with Gasteiger partial charge in [0.25, 0.3) is 0 Å². The molecule has 0 atom stereocenters. The van der Waals surface area contributed by atoms with Gasteiger partial charge in [0.05, 0.1) is 5.69 Å². The zero-order chi connectivity index (χ0) is 15.4. The average Bonchev–Trinajstić information content (AvgIpc) is 2.58. The molecule has 4 nitrogen and oxygen atoms in total. The summed E-state index contributed by atoms with van der Waals surface area (Å²) in [5.74, 6) is 0.722. The molecule has 0 aliphatic heterocycles. The number of ether oxygens (including phenoxy) is 1. The summed E-state index contributed by atoms with van der Waals surface area (Å²) in [6.07, 6.45) is 10.5. The van der Waals surface area contributed by atoms with Crippen LogP contribution in [0.2, 0.25) is 0 Å². The Morgan fingerprint density at radius 1 is 1.14 bits per heavy atom. The van der Waals surface area contributed by atoms with Gasteiger partial charge in [0, 0.05) is 29.1 Å². The van der Waals surface area contributed by atoms with Crippen molar-refractivity contribution in [3.8, 4) is 17.1 Å². The van der Waals surface area contributed by atoms with Crippen LogP contribution >= 0.6 is 0 Å². The van der Waals surface area contributed by atoms with E-state index in [1.165, 1.54) is 19.3 Å². The Bertz CT molecular complexity index is 647. The predicted molar refractivity (Wildman–Crippen MR) is 85.1 cm³/mol. The first-order chi connectivity index (χ1) is 10.8. The number of hydrogen-bond acceptors (Lipinski definition) is 4. The normalized spacial score (nSPS) is 15.5. The van der Waals surface area contributed by atoms with Crippen LogP contribution in [0.3, 0.4) is 0 Å². The lowest BCUT2D eigenvalue weighted by atomic mass is 9.98. The van der Waals surface area contributed by atoms with Crippen LogP contribution in [0.25, 0.3) is 11.3 Å². The molecule has 0 aromatic carbocycles. The number of nitrogens with zero attached hydrogens (tertiary/aromatic N) is 2. The van der Waals surface area contributed by atoms with Crippen molar-refractivity contribution >= 4 is 6.29 Å². The number of aryl methyl sites for hydroxylation is 1. The standard InChI is InChI=1S/C18H20N2O2/c1-13-9-15(17-8-7-14(12-21)10-19-17)11-20-18(13)22-16-5-3-2-4-6-16/h7-12,16H,2-6H2,1H3. The quantitative estimate of drug-likeness (QED) is 0.801. The number of carbonyl (C=O) groups excluding carboxylic acids is 1. The van der Waals surface area contributed by atoms with Crippen molar-refractivity contribution in [1.82, 2.24) is 9.97 Å². The Labute approximate surface area is 130 Å².